The Labute approximate surface area is 272 Å². The summed E-state index contributed by atoms with van der Waals surface area (Å²) in [6.07, 6.45) is 9.69. The Kier molecular flexibility index (Phi) is 8.37. The van der Waals surface area contributed by atoms with E-state index < -0.39 is 0 Å². The molecule has 4 bridgehead atoms. The van der Waals surface area contributed by atoms with Crippen molar-refractivity contribution in [3.8, 4) is 0 Å². The number of aromatic amines is 1. The summed E-state index contributed by atoms with van der Waals surface area (Å²) in [5.74, 6) is 3.22. The second-order valence-corrected chi connectivity index (χ2v) is 15.3. The lowest BCUT2D eigenvalue weighted by atomic mass is 9.73. The highest BCUT2D eigenvalue weighted by atomic mass is 16.2. The summed E-state index contributed by atoms with van der Waals surface area (Å²) in [5.41, 5.74) is 5.20. The summed E-state index contributed by atoms with van der Waals surface area (Å²) < 4.78 is 2.36. The Balaban J connectivity index is 0.948. The maximum atomic E-state index is 13.6. The fourth-order valence-electron chi connectivity index (χ4n) is 10.4. The van der Waals surface area contributed by atoms with Gasteiger partial charge in [-0.3, -0.25) is 14.4 Å². The molecule has 2 aromatic heterocycles. The van der Waals surface area contributed by atoms with Crippen LogP contribution in [0.25, 0.3) is 10.9 Å². The summed E-state index contributed by atoms with van der Waals surface area (Å²) in [7, 11) is 0. The number of hydrogen-bond acceptors (Lipinski definition) is 4. The van der Waals surface area contributed by atoms with E-state index in [1.807, 2.05) is 38.1 Å². The average Bonchev–Trinajstić information content (AvgIpc) is 3.54. The number of rotatable bonds is 10. The molecule has 4 saturated carbocycles. The van der Waals surface area contributed by atoms with Crippen LogP contribution >= 0.6 is 0 Å². The number of fused-ring (bicyclic) bond motifs is 1. The fourth-order valence-corrected chi connectivity index (χ4v) is 10.4. The minimum absolute atomic E-state index is 0.149. The Hall–Kier alpha value is -3.39. The second-order valence-electron chi connectivity index (χ2n) is 15.3. The lowest BCUT2D eigenvalue weighted by Gasteiger charge is -2.36. The average molecular weight is 626 g/mol. The minimum Gasteiger partial charge on any atom is -0.355 e. The van der Waals surface area contributed by atoms with Crippen molar-refractivity contribution in [1.29, 1.82) is 0 Å². The second kappa shape index (κ2) is 12.3. The largest absolute Gasteiger partial charge is 0.355 e. The SMILES string of the molecule is Cc1cc(C)c(CNC(=O)c2c(C)n([C@@H](C)C3CCN(CCNC(=O)CC45CC6CC(CC4C6)C5)CC3)c3ccccc23)c(=O)[nH]1. The number of aromatic nitrogens is 2. The molecule has 8 heteroatoms. The van der Waals surface area contributed by atoms with Crippen LogP contribution in [0.3, 0.4) is 0 Å². The van der Waals surface area contributed by atoms with Gasteiger partial charge in [0.15, 0.2) is 0 Å². The quantitative estimate of drug-likeness (QED) is 0.266. The Morgan fingerprint density at radius 1 is 1.02 bits per heavy atom. The number of hydrogen-bond donors (Lipinski definition) is 3. The molecule has 46 heavy (non-hydrogen) atoms. The van der Waals surface area contributed by atoms with Gasteiger partial charge in [0, 0.05) is 60.0 Å². The maximum absolute atomic E-state index is 13.6. The summed E-state index contributed by atoms with van der Waals surface area (Å²) >= 11 is 0. The molecule has 1 aromatic carbocycles. The zero-order valence-corrected chi connectivity index (χ0v) is 28.1. The molecule has 3 N–H and O–H groups in total. The highest BCUT2D eigenvalue weighted by molar-refractivity contribution is 6.08. The number of para-hydroxylation sites is 1. The van der Waals surface area contributed by atoms with Gasteiger partial charge in [-0.1, -0.05) is 18.2 Å². The van der Waals surface area contributed by atoms with Crippen molar-refractivity contribution in [2.75, 3.05) is 26.2 Å². The minimum atomic E-state index is -0.151. The van der Waals surface area contributed by atoms with Crippen molar-refractivity contribution in [2.24, 2.45) is 29.1 Å². The van der Waals surface area contributed by atoms with Crippen LogP contribution in [-0.4, -0.2) is 52.4 Å². The van der Waals surface area contributed by atoms with Crippen LogP contribution in [0.2, 0.25) is 0 Å². The van der Waals surface area contributed by atoms with Gasteiger partial charge in [0.2, 0.25) is 5.91 Å². The highest BCUT2D eigenvalue weighted by Crippen LogP contribution is 2.66. The lowest BCUT2D eigenvalue weighted by Crippen LogP contribution is -2.41. The molecule has 4 aliphatic carbocycles. The molecule has 3 heterocycles. The van der Waals surface area contributed by atoms with Crippen LogP contribution in [0.5, 0.6) is 0 Å². The van der Waals surface area contributed by atoms with Gasteiger partial charge in [0.25, 0.3) is 11.5 Å². The molecule has 5 aliphatic rings. The summed E-state index contributed by atoms with van der Waals surface area (Å²) in [5, 5.41) is 7.27. The number of H-pyrrole nitrogens is 1. The smallest absolute Gasteiger partial charge is 0.254 e. The number of carbonyl (C=O) groups is 2. The van der Waals surface area contributed by atoms with Crippen molar-refractivity contribution in [2.45, 2.75) is 91.6 Å². The Morgan fingerprint density at radius 2 is 1.74 bits per heavy atom. The fraction of sp³-hybridized carbons (Fsp3) is 0.605. The molecule has 8 nitrogen and oxygen atoms in total. The monoisotopic (exact) mass is 625 g/mol. The molecule has 8 rings (SSSR count). The molecule has 3 aromatic rings. The van der Waals surface area contributed by atoms with E-state index in [2.05, 4.69) is 45.0 Å². The van der Waals surface area contributed by atoms with Crippen LogP contribution in [-0.2, 0) is 11.3 Å². The summed E-state index contributed by atoms with van der Waals surface area (Å²) in [6.45, 7) is 12.0. The summed E-state index contributed by atoms with van der Waals surface area (Å²) in [6, 6.07) is 10.4. The van der Waals surface area contributed by atoms with Gasteiger partial charge in [0.1, 0.15) is 0 Å². The van der Waals surface area contributed by atoms with E-state index in [1.54, 1.807) is 0 Å². The molecule has 0 radical (unpaired) electrons. The van der Waals surface area contributed by atoms with Crippen molar-refractivity contribution in [1.82, 2.24) is 25.1 Å². The standard InChI is InChI=1S/C38H51N5O3/c1-23-15-24(2)41-36(45)32(23)22-40-37(46)35-26(4)43(33-8-6-5-7-31(33)35)25(3)29-9-12-42(13-10-29)14-11-39-34(44)21-38-19-27-16-28(20-38)18-30(38)17-27/h5-8,15,25,27-30H,9-14,16-22H2,1-4H3,(H,39,44)(H,40,46)(H,41,45)/t25-,27?,28?,30?,38?/m0/s1. The topological polar surface area (TPSA) is 99.2 Å². The molecule has 246 valence electrons. The molecule has 2 amide bonds. The van der Waals surface area contributed by atoms with Crippen molar-refractivity contribution >= 4 is 22.7 Å². The number of amides is 2. The van der Waals surface area contributed by atoms with Gasteiger partial charge >= 0.3 is 0 Å². The number of carbonyl (C=O) groups excluding carboxylic acids is 2. The molecule has 1 saturated heterocycles. The van der Waals surface area contributed by atoms with Gasteiger partial charge in [0.05, 0.1) is 5.56 Å². The predicted octanol–water partition coefficient (Wildman–Crippen LogP) is 5.79. The first kappa shape index (κ1) is 31.2. The number of aryl methyl sites for hydroxylation is 2. The maximum Gasteiger partial charge on any atom is 0.254 e. The van der Waals surface area contributed by atoms with Gasteiger partial charge < -0.3 is 25.1 Å². The molecule has 3 atom stereocenters. The van der Waals surface area contributed by atoms with E-state index in [1.165, 1.54) is 32.1 Å². The Bertz CT molecular complexity index is 1680. The first-order valence-corrected chi connectivity index (χ1v) is 17.7. The predicted molar refractivity (Wildman–Crippen MR) is 182 cm³/mol. The number of pyridine rings is 1. The van der Waals surface area contributed by atoms with Crippen LogP contribution in [0.4, 0.5) is 0 Å². The van der Waals surface area contributed by atoms with Gasteiger partial charge in [-0.05, 0) is 133 Å². The number of nitrogens with zero attached hydrogens (tertiary/aromatic N) is 2. The lowest BCUT2D eigenvalue weighted by molar-refractivity contribution is -0.124. The van der Waals surface area contributed by atoms with Crippen LogP contribution in [0.15, 0.2) is 35.1 Å². The van der Waals surface area contributed by atoms with Crippen LogP contribution in [0.1, 0.15) is 97.2 Å². The van der Waals surface area contributed by atoms with E-state index in [0.717, 1.165) is 91.0 Å². The van der Waals surface area contributed by atoms with Gasteiger partial charge in [-0.15, -0.1) is 0 Å². The molecule has 5 fully saturated rings. The molecular weight excluding hydrogens is 574 g/mol. The van der Waals surface area contributed by atoms with E-state index in [-0.39, 0.29) is 30.0 Å². The van der Waals surface area contributed by atoms with Crippen molar-refractivity contribution in [3.63, 3.8) is 0 Å². The zero-order chi connectivity index (χ0) is 32.2. The van der Waals surface area contributed by atoms with Crippen LogP contribution in [0, 0.1) is 49.9 Å². The van der Waals surface area contributed by atoms with Gasteiger partial charge in [-0.25, -0.2) is 0 Å². The summed E-state index contributed by atoms with van der Waals surface area (Å²) in [4.78, 5) is 44.5. The number of nitrogens with one attached hydrogen (secondary N) is 3. The third-order valence-corrected chi connectivity index (χ3v) is 12.4. The van der Waals surface area contributed by atoms with Crippen LogP contribution < -0.4 is 16.2 Å². The first-order valence-electron chi connectivity index (χ1n) is 17.7. The van der Waals surface area contributed by atoms with Crippen molar-refractivity contribution in [3.05, 3.63) is 68.8 Å². The zero-order valence-electron chi connectivity index (χ0n) is 28.1. The third kappa shape index (κ3) is 5.71. The third-order valence-electron chi connectivity index (χ3n) is 12.4. The van der Waals surface area contributed by atoms with E-state index >= 15 is 0 Å². The van der Waals surface area contributed by atoms with Gasteiger partial charge in [-0.2, -0.15) is 0 Å². The number of likely N-dealkylation sites (tertiary alicyclic amines) is 1. The van der Waals surface area contributed by atoms with E-state index in [0.29, 0.717) is 22.5 Å². The number of benzene rings is 1. The molecule has 0 spiro atoms. The normalized spacial score (nSPS) is 26.6. The van der Waals surface area contributed by atoms with E-state index in [4.69, 9.17) is 0 Å². The Morgan fingerprint density at radius 3 is 2.46 bits per heavy atom. The molecule has 2 unspecified atom stereocenters. The number of piperidine rings is 1. The first-order chi connectivity index (χ1) is 22.1. The molecular formula is C38H51N5O3. The van der Waals surface area contributed by atoms with E-state index in [9.17, 15) is 14.4 Å². The molecule has 1 aliphatic heterocycles. The highest BCUT2D eigenvalue weighted by Gasteiger charge is 2.57. The van der Waals surface area contributed by atoms with Crippen molar-refractivity contribution < 1.29 is 9.59 Å².